The summed E-state index contributed by atoms with van der Waals surface area (Å²) in [7, 11) is 1.92. The summed E-state index contributed by atoms with van der Waals surface area (Å²) in [5, 5.41) is 13.8. The SMILES string of the molecule is CNC(CO)(CSC1CCOCC1)c1ccccc1. The van der Waals surface area contributed by atoms with Crippen LogP contribution in [-0.2, 0) is 10.3 Å². The molecule has 3 nitrogen and oxygen atoms in total. The minimum atomic E-state index is -0.343. The second kappa shape index (κ2) is 7.29. The molecule has 1 fully saturated rings. The van der Waals surface area contributed by atoms with Gasteiger partial charge in [0.25, 0.3) is 0 Å². The van der Waals surface area contributed by atoms with Gasteiger partial charge in [0.1, 0.15) is 0 Å². The lowest BCUT2D eigenvalue weighted by molar-refractivity contribution is 0.0998. The zero-order valence-electron chi connectivity index (χ0n) is 11.5. The van der Waals surface area contributed by atoms with Crippen LogP contribution < -0.4 is 5.32 Å². The van der Waals surface area contributed by atoms with Crippen LogP contribution in [0.15, 0.2) is 30.3 Å². The van der Waals surface area contributed by atoms with Crippen molar-refractivity contribution in [2.24, 2.45) is 0 Å². The van der Waals surface area contributed by atoms with Crippen molar-refractivity contribution in [2.45, 2.75) is 23.6 Å². The normalized spacial score (nSPS) is 20.1. The summed E-state index contributed by atoms with van der Waals surface area (Å²) in [6.45, 7) is 1.85. The summed E-state index contributed by atoms with van der Waals surface area (Å²) in [4.78, 5) is 0. The second-order valence-electron chi connectivity index (χ2n) is 4.98. The first-order chi connectivity index (χ1) is 9.30. The Morgan fingerprint density at radius 1 is 1.32 bits per heavy atom. The topological polar surface area (TPSA) is 41.5 Å². The van der Waals surface area contributed by atoms with Crippen molar-refractivity contribution in [3.8, 4) is 0 Å². The van der Waals surface area contributed by atoms with E-state index in [1.54, 1.807) is 0 Å². The molecule has 1 atom stereocenters. The fourth-order valence-corrected chi connectivity index (χ4v) is 3.82. The molecule has 2 rings (SSSR count). The predicted octanol–water partition coefficient (Wildman–Crippen LogP) is 2.01. The van der Waals surface area contributed by atoms with Crippen LogP contribution in [0.1, 0.15) is 18.4 Å². The maximum atomic E-state index is 9.86. The Bertz CT molecular complexity index is 362. The van der Waals surface area contributed by atoms with E-state index < -0.39 is 0 Å². The first kappa shape index (κ1) is 14.9. The van der Waals surface area contributed by atoms with Crippen LogP contribution >= 0.6 is 11.8 Å². The standard InChI is InChI=1S/C15H23NO2S/c1-16-15(11-17,13-5-3-2-4-6-13)12-19-14-7-9-18-10-8-14/h2-6,14,16-17H,7-12H2,1H3. The van der Waals surface area contributed by atoms with Crippen molar-refractivity contribution in [3.05, 3.63) is 35.9 Å². The molecule has 0 amide bonds. The van der Waals surface area contributed by atoms with Gasteiger partial charge in [0.05, 0.1) is 12.1 Å². The Balaban J connectivity index is 2.02. The highest BCUT2D eigenvalue weighted by Crippen LogP contribution is 2.30. The van der Waals surface area contributed by atoms with Crippen LogP contribution in [-0.4, -0.2) is 43.0 Å². The first-order valence-electron chi connectivity index (χ1n) is 6.85. The van der Waals surface area contributed by atoms with Gasteiger partial charge in [0, 0.05) is 24.2 Å². The molecule has 2 N–H and O–H groups in total. The van der Waals surface area contributed by atoms with Crippen LogP contribution in [0.5, 0.6) is 0 Å². The molecule has 1 heterocycles. The smallest absolute Gasteiger partial charge is 0.0758 e. The average molecular weight is 281 g/mol. The van der Waals surface area contributed by atoms with Gasteiger partial charge in [0.2, 0.25) is 0 Å². The van der Waals surface area contributed by atoms with Gasteiger partial charge in [-0.3, -0.25) is 0 Å². The molecule has 1 saturated heterocycles. The Morgan fingerprint density at radius 2 is 2.00 bits per heavy atom. The van der Waals surface area contributed by atoms with E-state index in [-0.39, 0.29) is 12.1 Å². The largest absolute Gasteiger partial charge is 0.394 e. The molecule has 0 aliphatic carbocycles. The van der Waals surface area contributed by atoms with Crippen molar-refractivity contribution in [1.82, 2.24) is 5.32 Å². The van der Waals surface area contributed by atoms with Crippen LogP contribution in [0.3, 0.4) is 0 Å². The van der Waals surface area contributed by atoms with Crippen LogP contribution in [0.2, 0.25) is 0 Å². The van der Waals surface area contributed by atoms with Crippen molar-refractivity contribution in [1.29, 1.82) is 0 Å². The van der Waals surface area contributed by atoms with E-state index >= 15 is 0 Å². The Kier molecular flexibility index (Phi) is 5.70. The van der Waals surface area contributed by atoms with Crippen molar-refractivity contribution >= 4 is 11.8 Å². The maximum absolute atomic E-state index is 9.86. The quantitative estimate of drug-likeness (QED) is 0.837. The summed E-state index contributed by atoms with van der Waals surface area (Å²) in [5.41, 5.74) is 0.809. The lowest BCUT2D eigenvalue weighted by atomic mass is 9.93. The van der Waals surface area contributed by atoms with Crippen molar-refractivity contribution in [2.75, 3.05) is 32.6 Å². The second-order valence-corrected chi connectivity index (χ2v) is 6.27. The zero-order valence-corrected chi connectivity index (χ0v) is 12.3. The van der Waals surface area contributed by atoms with Crippen molar-refractivity contribution in [3.63, 3.8) is 0 Å². The highest BCUT2D eigenvalue weighted by atomic mass is 32.2. The Hall–Kier alpha value is -0.550. The molecule has 1 unspecified atom stereocenters. The average Bonchev–Trinajstić information content (AvgIpc) is 2.51. The molecule has 0 radical (unpaired) electrons. The lowest BCUT2D eigenvalue weighted by Gasteiger charge is -2.34. The third kappa shape index (κ3) is 3.72. The molecule has 0 bridgehead atoms. The fraction of sp³-hybridized carbons (Fsp3) is 0.600. The van der Waals surface area contributed by atoms with Gasteiger partial charge < -0.3 is 15.2 Å². The maximum Gasteiger partial charge on any atom is 0.0758 e. The third-order valence-corrected chi connectivity index (χ3v) is 5.41. The number of likely N-dealkylation sites (N-methyl/N-ethyl adjacent to an activating group) is 1. The number of aliphatic hydroxyl groups excluding tert-OH is 1. The Labute approximate surface area is 119 Å². The summed E-state index contributed by atoms with van der Waals surface area (Å²) < 4.78 is 5.39. The van der Waals surface area contributed by atoms with E-state index in [0.717, 1.165) is 37.4 Å². The minimum Gasteiger partial charge on any atom is -0.394 e. The molecular formula is C15H23NO2S. The predicted molar refractivity (Wildman–Crippen MR) is 80.6 cm³/mol. The first-order valence-corrected chi connectivity index (χ1v) is 7.90. The molecule has 1 aliphatic heterocycles. The zero-order chi connectivity index (χ0) is 13.6. The van der Waals surface area contributed by atoms with E-state index in [2.05, 4.69) is 17.4 Å². The third-order valence-electron chi connectivity index (χ3n) is 3.81. The van der Waals surface area contributed by atoms with Gasteiger partial charge in [-0.1, -0.05) is 30.3 Å². The minimum absolute atomic E-state index is 0.115. The van der Waals surface area contributed by atoms with Crippen molar-refractivity contribution < 1.29 is 9.84 Å². The number of rotatable bonds is 6. The molecule has 19 heavy (non-hydrogen) atoms. The van der Waals surface area contributed by atoms with E-state index in [0.29, 0.717) is 5.25 Å². The Morgan fingerprint density at radius 3 is 2.58 bits per heavy atom. The molecule has 1 aromatic rings. The monoisotopic (exact) mass is 281 g/mol. The van der Waals surface area contributed by atoms with E-state index in [1.807, 2.05) is 37.0 Å². The van der Waals surface area contributed by atoms with Gasteiger partial charge in [-0.25, -0.2) is 0 Å². The highest BCUT2D eigenvalue weighted by molar-refractivity contribution is 7.99. The van der Waals surface area contributed by atoms with E-state index in [4.69, 9.17) is 4.74 Å². The highest BCUT2D eigenvalue weighted by Gasteiger charge is 2.31. The number of aliphatic hydroxyl groups is 1. The molecule has 1 aromatic carbocycles. The van der Waals surface area contributed by atoms with E-state index in [9.17, 15) is 5.11 Å². The summed E-state index contributed by atoms with van der Waals surface area (Å²) in [6, 6.07) is 10.2. The molecule has 1 aliphatic rings. The molecule has 106 valence electrons. The van der Waals surface area contributed by atoms with Crippen LogP contribution in [0, 0.1) is 0 Å². The molecule has 4 heteroatoms. The van der Waals surface area contributed by atoms with Gasteiger partial charge in [0.15, 0.2) is 0 Å². The van der Waals surface area contributed by atoms with Gasteiger partial charge in [-0.2, -0.15) is 11.8 Å². The summed E-state index contributed by atoms with van der Waals surface area (Å²) in [5.74, 6) is 0.884. The molecular weight excluding hydrogens is 258 g/mol. The van der Waals surface area contributed by atoms with E-state index in [1.165, 1.54) is 0 Å². The lowest BCUT2D eigenvalue weighted by Crippen LogP contribution is -2.46. The summed E-state index contributed by atoms with van der Waals surface area (Å²) >= 11 is 1.95. The summed E-state index contributed by atoms with van der Waals surface area (Å²) in [6.07, 6.45) is 2.23. The fourth-order valence-electron chi connectivity index (χ4n) is 2.38. The number of thioether (sulfide) groups is 1. The van der Waals surface area contributed by atoms with Gasteiger partial charge >= 0.3 is 0 Å². The van der Waals surface area contributed by atoms with Gasteiger partial charge in [-0.05, 0) is 25.5 Å². The van der Waals surface area contributed by atoms with Gasteiger partial charge in [-0.15, -0.1) is 0 Å². The molecule has 0 saturated carbocycles. The number of hydrogen-bond acceptors (Lipinski definition) is 4. The number of benzene rings is 1. The number of ether oxygens (including phenoxy) is 1. The van der Waals surface area contributed by atoms with Crippen LogP contribution in [0.4, 0.5) is 0 Å². The number of hydrogen-bond donors (Lipinski definition) is 2. The number of nitrogens with one attached hydrogen (secondary N) is 1. The molecule has 0 aromatic heterocycles. The molecule has 0 spiro atoms. The van der Waals surface area contributed by atoms with Crippen LogP contribution in [0.25, 0.3) is 0 Å².